The number of nitrogens with one attached hydrogen (secondary N) is 2. The molecule has 184 valence electrons. The topological polar surface area (TPSA) is 109 Å². The number of halogens is 1. The first kappa shape index (κ1) is 28.5. The third-order valence-electron chi connectivity index (χ3n) is 5.17. The normalized spacial score (nSPS) is 14.9. The van der Waals surface area contributed by atoms with Gasteiger partial charge in [-0.1, -0.05) is 0 Å². The van der Waals surface area contributed by atoms with E-state index in [1.165, 1.54) is 0 Å². The Balaban J connectivity index is 0.00000512. The van der Waals surface area contributed by atoms with Crippen LogP contribution in [0, 0.1) is 6.92 Å². The lowest BCUT2D eigenvalue weighted by molar-refractivity contribution is -0.122. The highest BCUT2D eigenvalue weighted by Crippen LogP contribution is 2.05. The zero-order valence-corrected chi connectivity index (χ0v) is 22.1. The second-order valence-electron chi connectivity index (χ2n) is 7.45. The van der Waals surface area contributed by atoms with Crippen LogP contribution in [0.2, 0.25) is 0 Å². The molecule has 1 aromatic heterocycles. The van der Waals surface area contributed by atoms with Gasteiger partial charge in [0.25, 0.3) is 0 Å². The third kappa shape index (κ3) is 9.96. The van der Waals surface area contributed by atoms with Gasteiger partial charge in [0.15, 0.2) is 11.8 Å². The molecule has 1 aliphatic heterocycles. The van der Waals surface area contributed by atoms with E-state index in [4.69, 9.17) is 14.5 Å². The molecular formula is C20H39IN8O3. The van der Waals surface area contributed by atoms with Crippen molar-refractivity contribution in [3.63, 3.8) is 0 Å². The Hall–Kier alpha value is -1.51. The number of aromatic nitrogens is 3. The van der Waals surface area contributed by atoms with Crippen LogP contribution < -0.4 is 10.6 Å². The lowest BCUT2D eigenvalue weighted by atomic mass is 10.3. The summed E-state index contributed by atoms with van der Waals surface area (Å²) in [7, 11) is 3.58. The molecule has 1 aliphatic rings. The number of carbonyl (C=O) groups is 1. The van der Waals surface area contributed by atoms with Gasteiger partial charge in [-0.15, -0.1) is 34.2 Å². The second kappa shape index (κ2) is 16.2. The Kier molecular flexibility index (Phi) is 14.4. The largest absolute Gasteiger partial charge is 0.383 e. The van der Waals surface area contributed by atoms with Crippen LogP contribution in [0.3, 0.4) is 0 Å². The molecule has 2 heterocycles. The molecule has 0 bridgehead atoms. The zero-order chi connectivity index (χ0) is 22.5. The summed E-state index contributed by atoms with van der Waals surface area (Å²) in [5, 5.41) is 14.6. The van der Waals surface area contributed by atoms with Crippen molar-refractivity contribution in [1.29, 1.82) is 0 Å². The first-order valence-corrected chi connectivity index (χ1v) is 11.0. The van der Waals surface area contributed by atoms with E-state index in [0.29, 0.717) is 26.2 Å². The number of guanidine groups is 1. The lowest BCUT2D eigenvalue weighted by Crippen LogP contribution is -2.54. The van der Waals surface area contributed by atoms with E-state index in [1.807, 2.05) is 25.5 Å². The molecule has 0 saturated carbocycles. The average Bonchev–Trinajstić information content (AvgIpc) is 3.09. The van der Waals surface area contributed by atoms with Crippen LogP contribution >= 0.6 is 24.0 Å². The number of rotatable bonds is 12. The molecule has 1 fully saturated rings. The van der Waals surface area contributed by atoms with Crippen molar-refractivity contribution in [2.45, 2.75) is 26.8 Å². The van der Waals surface area contributed by atoms with Crippen LogP contribution in [0.15, 0.2) is 4.99 Å². The number of aliphatic imine (C=N–C) groups is 1. The first-order valence-electron chi connectivity index (χ1n) is 11.0. The van der Waals surface area contributed by atoms with E-state index in [1.54, 1.807) is 7.11 Å². The van der Waals surface area contributed by atoms with E-state index in [9.17, 15) is 4.79 Å². The maximum atomic E-state index is 12.0. The number of aryl methyl sites for hydroxylation is 1. The van der Waals surface area contributed by atoms with Crippen molar-refractivity contribution in [3.8, 4) is 0 Å². The Bertz CT molecular complexity index is 692. The van der Waals surface area contributed by atoms with Crippen LogP contribution in [0.5, 0.6) is 0 Å². The summed E-state index contributed by atoms with van der Waals surface area (Å²) in [6.07, 6.45) is 0.914. The molecule has 0 spiro atoms. The van der Waals surface area contributed by atoms with Gasteiger partial charge in [0.2, 0.25) is 5.91 Å². The summed E-state index contributed by atoms with van der Waals surface area (Å²) in [6, 6.07) is 0. The molecule has 0 radical (unpaired) electrons. The third-order valence-corrected chi connectivity index (χ3v) is 5.17. The summed E-state index contributed by atoms with van der Waals surface area (Å²) in [4.78, 5) is 21.2. The van der Waals surface area contributed by atoms with Crippen molar-refractivity contribution < 1.29 is 14.3 Å². The molecule has 1 saturated heterocycles. The smallest absolute Gasteiger partial charge is 0.234 e. The van der Waals surface area contributed by atoms with Gasteiger partial charge in [0, 0.05) is 66.6 Å². The molecule has 2 rings (SSSR count). The Morgan fingerprint density at radius 3 is 2.50 bits per heavy atom. The van der Waals surface area contributed by atoms with Crippen LogP contribution in [0.4, 0.5) is 0 Å². The minimum absolute atomic E-state index is 0. The van der Waals surface area contributed by atoms with Crippen molar-refractivity contribution in [2.24, 2.45) is 12.0 Å². The van der Waals surface area contributed by atoms with Gasteiger partial charge in [-0.2, -0.15) is 0 Å². The fourth-order valence-corrected chi connectivity index (χ4v) is 3.19. The van der Waals surface area contributed by atoms with Crippen molar-refractivity contribution in [2.75, 3.05) is 72.7 Å². The zero-order valence-electron chi connectivity index (χ0n) is 19.8. The average molecular weight is 566 g/mol. The Morgan fingerprint density at radius 2 is 1.88 bits per heavy atom. The Labute approximate surface area is 208 Å². The minimum Gasteiger partial charge on any atom is -0.383 e. The predicted molar refractivity (Wildman–Crippen MR) is 134 cm³/mol. The van der Waals surface area contributed by atoms with Gasteiger partial charge in [0.05, 0.1) is 13.2 Å². The standard InChI is InChI=1S/C20H38N8O3.HI/c1-5-31-13-6-7-22-20(23-15-18-25-24-17(2)26(18)3)28-11-9-27(10-12-28)16-19(29)21-8-14-30-4;/h5-16H2,1-4H3,(H,21,29)(H,22,23);1H. The predicted octanol–water partition coefficient (Wildman–Crippen LogP) is -0.00608. The number of piperazine rings is 1. The van der Waals surface area contributed by atoms with Crippen LogP contribution in [-0.2, 0) is 27.9 Å². The molecular weight excluding hydrogens is 527 g/mol. The minimum atomic E-state index is 0. The summed E-state index contributed by atoms with van der Waals surface area (Å²) < 4.78 is 12.3. The number of hydrogen-bond donors (Lipinski definition) is 2. The summed E-state index contributed by atoms with van der Waals surface area (Å²) in [6.45, 7) is 11.3. The molecule has 1 aromatic rings. The fourth-order valence-electron chi connectivity index (χ4n) is 3.19. The summed E-state index contributed by atoms with van der Waals surface area (Å²) in [5.74, 6) is 2.60. The molecule has 0 unspecified atom stereocenters. The molecule has 32 heavy (non-hydrogen) atoms. The van der Waals surface area contributed by atoms with Gasteiger partial charge in [0.1, 0.15) is 12.4 Å². The molecule has 12 heteroatoms. The van der Waals surface area contributed by atoms with Crippen molar-refractivity contribution in [1.82, 2.24) is 35.2 Å². The van der Waals surface area contributed by atoms with Gasteiger partial charge in [-0.25, -0.2) is 4.99 Å². The molecule has 1 amide bonds. The number of ether oxygens (including phenoxy) is 2. The second-order valence-corrected chi connectivity index (χ2v) is 7.45. The summed E-state index contributed by atoms with van der Waals surface area (Å²) in [5.41, 5.74) is 0. The van der Waals surface area contributed by atoms with Gasteiger partial charge in [-0.3, -0.25) is 9.69 Å². The fraction of sp³-hybridized carbons (Fsp3) is 0.800. The van der Waals surface area contributed by atoms with Crippen LogP contribution in [0.1, 0.15) is 25.0 Å². The maximum absolute atomic E-state index is 12.0. The van der Waals surface area contributed by atoms with Gasteiger partial charge < -0.3 is 29.6 Å². The van der Waals surface area contributed by atoms with E-state index in [0.717, 1.165) is 70.0 Å². The van der Waals surface area contributed by atoms with Gasteiger partial charge >= 0.3 is 0 Å². The van der Waals surface area contributed by atoms with Crippen LogP contribution in [0.25, 0.3) is 0 Å². The molecule has 11 nitrogen and oxygen atoms in total. The number of carbonyl (C=O) groups excluding carboxylic acids is 1. The first-order chi connectivity index (χ1) is 15.0. The quantitative estimate of drug-likeness (QED) is 0.158. The van der Waals surface area contributed by atoms with Crippen molar-refractivity contribution >= 4 is 35.8 Å². The highest BCUT2D eigenvalue weighted by atomic mass is 127. The van der Waals surface area contributed by atoms with E-state index >= 15 is 0 Å². The van der Waals surface area contributed by atoms with Gasteiger partial charge in [-0.05, 0) is 20.3 Å². The number of amides is 1. The lowest BCUT2D eigenvalue weighted by Gasteiger charge is -2.36. The van der Waals surface area contributed by atoms with Crippen molar-refractivity contribution in [3.05, 3.63) is 11.6 Å². The maximum Gasteiger partial charge on any atom is 0.234 e. The monoisotopic (exact) mass is 566 g/mol. The highest BCUT2D eigenvalue weighted by molar-refractivity contribution is 14.0. The number of methoxy groups -OCH3 is 1. The number of nitrogens with zero attached hydrogens (tertiary/aromatic N) is 6. The number of hydrogen-bond acceptors (Lipinski definition) is 7. The van der Waals surface area contributed by atoms with E-state index < -0.39 is 0 Å². The SMILES string of the molecule is CCOCCCNC(=NCc1nnc(C)n1C)N1CCN(CC(=O)NCCOC)CC1.I. The summed E-state index contributed by atoms with van der Waals surface area (Å²) >= 11 is 0. The van der Waals surface area contributed by atoms with E-state index in [2.05, 4.69) is 30.6 Å². The molecule has 0 atom stereocenters. The molecule has 0 aromatic carbocycles. The molecule has 0 aliphatic carbocycles. The molecule has 2 N–H and O–H groups in total. The van der Waals surface area contributed by atoms with Crippen LogP contribution in [-0.4, -0.2) is 109 Å². The van der Waals surface area contributed by atoms with E-state index in [-0.39, 0.29) is 29.9 Å². The highest BCUT2D eigenvalue weighted by Gasteiger charge is 2.21. The Morgan fingerprint density at radius 1 is 1.12 bits per heavy atom.